The van der Waals surface area contributed by atoms with Crippen LogP contribution in [0.5, 0.6) is 5.75 Å². The van der Waals surface area contributed by atoms with Crippen LogP contribution in [0.2, 0.25) is 0 Å². The van der Waals surface area contributed by atoms with Crippen LogP contribution in [0.1, 0.15) is 11.3 Å². The van der Waals surface area contributed by atoms with Crippen LogP contribution < -0.4 is 4.74 Å². The molecule has 5 heteroatoms. The number of aryl methyl sites for hydroxylation is 1. The van der Waals surface area contributed by atoms with Crippen LogP contribution in [0.4, 0.5) is 0 Å². The molecule has 3 aromatic heterocycles. The zero-order chi connectivity index (χ0) is 16.7. The van der Waals surface area contributed by atoms with Gasteiger partial charge in [0.1, 0.15) is 23.2 Å². The van der Waals surface area contributed by atoms with Gasteiger partial charge in [0.2, 0.25) is 0 Å². The highest BCUT2D eigenvalue weighted by molar-refractivity contribution is 6.07. The van der Waals surface area contributed by atoms with Crippen molar-refractivity contribution in [3.63, 3.8) is 0 Å². The number of para-hydroxylation sites is 1. The van der Waals surface area contributed by atoms with E-state index < -0.39 is 0 Å². The number of hydrogen-bond acceptors (Lipinski definition) is 4. The minimum atomic E-state index is 0.391. The monoisotopic (exact) mass is 314 g/mol. The number of aromatic amines is 1. The first-order chi connectivity index (χ1) is 11.7. The third-order valence-corrected chi connectivity index (χ3v) is 4.18. The van der Waals surface area contributed by atoms with E-state index in [2.05, 4.69) is 27.1 Å². The topological polar surface area (TPSA) is 74.6 Å². The molecule has 1 aromatic carbocycles. The molecule has 4 aromatic rings. The average Bonchev–Trinajstić information content (AvgIpc) is 2.98. The summed E-state index contributed by atoms with van der Waals surface area (Å²) in [5.41, 5.74) is 5.07. The first-order valence-corrected chi connectivity index (χ1v) is 7.53. The fourth-order valence-corrected chi connectivity index (χ4v) is 3.03. The maximum Gasteiger partial charge on any atom is 0.141 e. The molecule has 0 amide bonds. The van der Waals surface area contributed by atoms with Gasteiger partial charge in [-0.1, -0.05) is 18.2 Å². The van der Waals surface area contributed by atoms with Crippen LogP contribution in [0.15, 0.2) is 42.7 Å². The number of fused-ring (bicyclic) bond motifs is 3. The average molecular weight is 314 g/mol. The van der Waals surface area contributed by atoms with E-state index in [4.69, 9.17) is 10.00 Å². The van der Waals surface area contributed by atoms with E-state index in [9.17, 15) is 0 Å². The predicted octanol–water partition coefficient (Wildman–Crippen LogP) is 3.97. The van der Waals surface area contributed by atoms with Crippen molar-refractivity contribution < 1.29 is 4.74 Å². The molecular weight excluding hydrogens is 300 g/mol. The summed E-state index contributed by atoms with van der Waals surface area (Å²) in [5.74, 6) is 0.845. The van der Waals surface area contributed by atoms with Crippen molar-refractivity contribution in [2.24, 2.45) is 0 Å². The van der Waals surface area contributed by atoms with Crippen molar-refractivity contribution in [1.82, 2.24) is 15.0 Å². The largest absolute Gasteiger partial charge is 0.496 e. The van der Waals surface area contributed by atoms with Gasteiger partial charge in [-0.3, -0.25) is 0 Å². The number of methoxy groups -OCH3 is 1. The summed E-state index contributed by atoms with van der Waals surface area (Å²) in [7, 11) is 1.67. The second kappa shape index (κ2) is 5.36. The number of H-pyrrole nitrogens is 1. The number of hydrogen-bond donors (Lipinski definition) is 1. The normalized spacial score (nSPS) is 10.9. The van der Waals surface area contributed by atoms with Crippen molar-refractivity contribution >= 4 is 21.9 Å². The maximum absolute atomic E-state index is 9.08. The van der Waals surface area contributed by atoms with Gasteiger partial charge >= 0.3 is 0 Å². The van der Waals surface area contributed by atoms with Crippen LogP contribution in [0.3, 0.4) is 0 Å². The minimum absolute atomic E-state index is 0.391. The summed E-state index contributed by atoms with van der Waals surface area (Å²) in [4.78, 5) is 11.9. The Balaban J connectivity index is 2.00. The Hall–Kier alpha value is -3.39. The predicted molar refractivity (Wildman–Crippen MR) is 92.8 cm³/mol. The molecule has 0 radical (unpaired) electrons. The van der Waals surface area contributed by atoms with Crippen LogP contribution in [0.25, 0.3) is 33.1 Å². The standard InChI is InChI=1S/C19H14N4O/c1-11-4-3-5-14(18(11)24-2)12-6-16-15-7-13(8-20)21-10-17(15)23-19(16)22-9-12/h3-7,9-10H,1-2H3,(H,22,23). The highest BCUT2D eigenvalue weighted by Crippen LogP contribution is 2.35. The number of pyridine rings is 2. The first-order valence-electron chi connectivity index (χ1n) is 7.53. The molecule has 0 aliphatic rings. The summed E-state index contributed by atoms with van der Waals surface area (Å²) >= 11 is 0. The summed E-state index contributed by atoms with van der Waals surface area (Å²) < 4.78 is 5.56. The number of nitrogens with one attached hydrogen (secondary N) is 1. The van der Waals surface area contributed by atoms with Crippen molar-refractivity contribution in [2.45, 2.75) is 6.92 Å². The zero-order valence-corrected chi connectivity index (χ0v) is 13.3. The minimum Gasteiger partial charge on any atom is -0.496 e. The second-order valence-corrected chi connectivity index (χ2v) is 5.63. The third-order valence-electron chi connectivity index (χ3n) is 4.18. The SMILES string of the molecule is COc1c(C)cccc1-c1cnc2[nH]c3cnc(C#N)cc3c2c1. The number of aromatic nitrogens is 3. The Kier molecular flexibility index (Phi) is 3.17. The van der Waals surface area contributed by atoms with Gasteiger partial charge < -0.3 is 9.72 Å². The molecule has 0 aliphatic heterocycles. The summed E-state index contributed by atoms with van der Waals surface area (Å²) in [5, 5.41) is 11.0. The van der Waals surface area contributed by atoms with E-state index in [-0.39, 0.29) is 0 Å². The van der Waals surface area contributed by atoms with Crippen molar-refractivity contribution in [1.29, 1.82) is 5.26 Å². The Morgan fingerprint density at radius 1 is 1.12 bits per heavy atom. The molecule has 0 unspecified atom stereocenters. The fraction of sp³-hybridized carbons (Fsp3) is 0.105. The first kappa shape index (κ1) is 14.2. The molecular formula is C19H14N4O. The molecule has 116 valence electrons. The highest BCUT2D eigenvalue weighted by Gasteiger charge is 2.12. The lowest BCUT2D eigenvalue weighted by atomic mass is 10.0. The Labute approximate surface area is 138 Å². The van der Waals surface area contributed by atoms with Crippen LogP contribution in [0, 0.1) is 18.3 Å². The molecule has 0 saturated heterocycles. The van der Waals surface area contributed by atoms with E-state index in [1.165, 1.54) is 0 Å². The molecule has 24 heavy (non-hydrogen) atoms. The Bertz CT molecular complexity index is 1120. The number of nitriles is 1. The quantitative estimate of drug-likeness (QED) is 0.607. The van der Waals surface area contributed by atoms with Crippen molar-refractivity contribution in [3.05, 3.63) is 54.0 Å². The van der Waals surface area contributed by atoms with Crippen molar-refractivity contribution in [3.8, 4) is 22.9 Å². The lowest BCUT2D eigenvalue weighted by Gasteiger charge is -2.11. The molecule has 5 nitrogen and oxygen atoms in total. The number of rotatable bonds is 2. The number of nitrogens with zero attached hydrogens (tertiary/aromatic N) is 3. The molecule has 0 atom stereocenters. The molecule has 0 saturated carbocycles. The lowest BCUT2D eigenvalue weighted by molar-refractivity contribution is 0.413. The fourth-order valence-electron chi connectivity index (χ4n) is 3.03. The molecule has 3 heterocycles. The Morgan fingerprint density at radius 2 is 2.00 bits per heavy atom. The molecule has 4 rings (SSSR count). The van der Waals surface area contributed by atoms with Gasteiger partial charge in [-0.2, -0.15) is 5.26 Å². The van der Waals surface area contributed by atoms with Gasteiger partial charge in [-0.15, -0.1) is 0 Å². The summed E-state index contributed by atoms with van der Waals surface area (Å²) in [6.45, 7) is 2.02. The van der Waals surface area contributed by atoms with Gasteiger partial charge in [0.15, 0.2) is 0 Å². The van der Waals surface area contributed by atoms with E-state index >= 15 is 0 Å². The van der Waals surface area contributed by atoms with Gasteiger partial charge in [0, 0.05) is 28.1 Å². The van der Waals surface area contributed by atoms with E-state index in [0.717, 1.165) is 44.4 Å². The zero-order valence-electron chi connectivity index (χ0n) is 13.3. The molecule has 0 spiro atoms. The number of benzene rings is 1. The summed E-state index contributed by atoms with van der Waals surface area (Å²) in [6.07, 6.45) is 3.50. The van der Waals surface area contributed by atoms with Crippen LogP contribution >= 0.6 is 0 Å². The van der Waals surface area contributed by atoms with Gasteiger partial charge in [0.05, 0.1) is 18.8 Å². The van der Waals surface area contributed by atoms with E-state index in [0.29, 0.717) is 5.69 Å². The Morgan fingerprint density at radius 3 is 2.79 bits per heavy atom. The van der Waals surface area contributed by atoms with Crippen LogP contribution in [-0.2, 0) is 0 Å². The van der Waals surface area contributed by atoms with E-state index in [1.807, 2.05) is 31.3 Å². The van der Waals surface area contributed by atoms with Gasteiger partial charge in [-0.25, -0.2) is 9.97 Å². The molecule has 0 bridgehead atoms. The lowest BCUT2D eigenvalue weighted by Crippen LogP contribution is -1.91. The smallest absolute Gasteiger partial charge is 0.141 e. The summed E-state index contributed by atoms with van der Waals surface area (Å²) in [6, 6.07) is 12.0. The third kappa shape index (κ3) is 2.09. The second-order valence-electron chi connectivity index (χ2n) is 5.63. The highest BCUT2D eigenvalue weighted by atomic mass is 16.5. The van der Waals surface area contributed by atoms with Gasteiger partial charge in [0.25, 0.3) is 0 Å². The molecule has 1 N–H and O–H groups in total. The molecule has 0 fully saturated rings. The van der Waals surface area contributed by atoms with Crippen LogP contribution in [-0.4, -0.2) is 22.1 Å². The van der Waals surface area contributed by atoms with Crippen molar-refractivity contribution in [2.75, 3.05) is 7.11 Å². The molecule has 0 aliphatic carbocycles. The van der Waals surface area contributed by atoms with Gasteiger partial charge in [-0.05, 0) is 24.6 Å². The number of ether oxygens (including phenoxy) is 1. The maximum atomic E-state index is 9.08. The van der Waals surface area contributed by atoms with E-state index in [1.54, 1.807) is 19.4 Å².